The molecule has 0 aliphatic heterocycles. The maximum absolute atomic E-state index is 12.5. The standard InChI is InChI=1S/C21H14N2O4/c24-19(25)11-10-15-13-23(16-7-2-1-3-8-16)22-20(15)17-12-14-6-4-5-9-18(14)27-21(17)26/h1-13H,(H,24,25)/p-1/b11-10+. The van der Waals surface area contributed by atoms with Gasteiger partial charge in [0, 0.05) is 17.1 Å². The van der Waals surface area contributed by atoms with Crippen LogP contribution in [-0.2, 0) is 4.79 Å². The van der Waals surface area contributed by atoms with Gasteiger partial charge in [-0.25, -0.2) is 9.48 Å². The Morgan fingerprint density at radius 3 is 2.59 bits per heavy atom. The summed E-state index contributed by atoms with van der Waals surface area (Å²) < 4.78 is 6.97. The highest BCUT2D eigenvalue weighted by Crippen LogP contribution is 2.25. The molecule has 2 heterocycles. The average molecular weight is 357 g/mol. The van der Waals surface area contributed by atoms with Crippen LogP contribution in [0.2, 0.25) is 0 Å². The monoisotopic (exact) mass is 357 g/mol. The maximum atomic E-state index is 12.5. The molecule has 0 N–H and O–H groups in total. The van der Waals surface area contributed by atoms with E-state index < -0.39 is 11.6 Å². The molecule has 0 saturated carbocycles. The molecule has 0 atom stereocenters. The number of para-hydroxylation sites is 2. The van der Waals surface area contributed by atoms with Gasteiger partial charge in [-0.1, -0.05) is 36.4 Å². The highest BCUT2D eigenvalue weighted by molar-refractivity contribution is 5.87. The summed E-state index contributed by atoms with van der Waals surface area (Å²) in [6.07, 6.45) is 3.91. The quantitative estimate of drug-likeness (QED) is 0.413. The molecule has 2 aromatic carbocycles. The first-order chi connectivity index (χ1) is 13.1. The van der Waals surface area contributed by atoms with Gasteiger partial charge in [0.05, 0.1) is 17.2 Å². The molecule has 0 aliphatic rings. The summed E-state index contributed by atoms with van der Waals surface area (Å²) in [5.74, 6) is -1.33. The van der Waals surface area contributed by atoms with E-state index in [1.807, 2.05) is 42.5 Å². The molecular formula is C21H13N2O4-. The zero-order chi connectivity index (χ0) is 18.8. The highest BCUT2D eigenvalue weighted by atomic mass is 16.4. The van der Waals surface area contributed by atoms with Gasteiger partial charge in [0.2, 0.25) is 0 Å². The first kappa shape index (κ1) is 16.5. The van der Waals surface area contributed by atoms with Gasteiger partial charge < -0.3 is 14.3 Å². The van der Waals surface area contributed by atoms with Crippen molar-refractivity contribution >= 4 is 23.0 Å². The number of aliphatic carboxylic acids is 1. The molecule has 132 valence electrons. The second-order valence-corrected chi connectivity index (χ2v) is 5.85. The Labute approximate surface area is 153 Å². The number of carbonyl (C=O) groups is 1. The molecule has 6 nitrogen and oxygen atoms in total. The summed E-state index contributed by atoms with van der Waals surface area (Å²) in [5, 5.41) is 16.1. The Morgan fingerprint density at radius 2 is 1.81 bits per heavy atom. The van der Waals surface area contributed by atoms with Crippen molar-refractivity contribution in [1.29, 1.82) is 0 Å². The number of rotatable bonds is 4. The first-order valence-corrected chi connectivity index (χ1v) is 8.19. The minimum atomic E-state index is -1.33. The van der Waals surface area contributed by atoms with Crippen molar-refractivity contribution in [3.63, 3.8) is 0 Å². The largest absolute Gasteiger partial charge is 0.545 e. The molecule has 0 saturated heterocycles. The van der Waals surface area contributed by atoms with E-state index in [9.17, 15) is 14.7 Å². The Bertz CT molecular complexity index is 1220. The van der Waals surface area contributed by atoms with Gasteiger partial charge in [-0.15, -0.1) is 0 Å². The third kappa shape index (κ3) is 3.28. The zero-order valence-corrected chi connectivity index (χ0v) is 14.0. The van der Waals surface area contributed by atoms with E-state index >= 15 is 0 Å². The predicted octanol–water partition coefficient (Wildman–Crippen LogP) is 2.41. The second-order valence-electron chi connectivity index (χ2n) is 5.85. The van der Waals surface area contributed by atoms with Crippen molar-refractivity contribution < 1.29 is 14.3 Å². The summed E-state index contributed by atoms with van der Waals surface area (Å²) in [4.78, 5) is 23.3. The number of hydrogen-bond acceptors (Lipinski definition) is 5. The smallest absolute Gasteiger partial charge is 0.345 e. The summed E-state index contributed by atoms with van der Waals surface area (Å²) in [6, 6.07) is 18.1. The number of aromatic nitrogens is 2. The van der Waals surface area contributed by atoms with Crippen LogP contribution >= 0.6 is 0 Å². The molecule has 0 aliphatic carbocycles. The lowest BCUT2D eigenvalue weighted by Gasteiger charge is -2.01. The number of fused-ring (bicyclic) bond motifs is 1. The molecule has 0 fully saturated rings. The number of hydrogen-bond donors (Lipinski definition) is 0. The summed E-state index contributed by atoms with van der Waals surface area (Å²) in [6.45, 7) is 0. The van der Waals surface area contributed by atoms with Crippen LogP contribution in [0.15, 0.2) is 82.1 Å². The fourth-order valence-corrected chi connectivity index (χ4v) is 2.82. The maximum Gasteiger partial charge on any atom is 0.345 e. The number of carboxylic acids is 1. The minimum absolute atomic E-state index is 0.251. The summed E-state index contributed by atoms with van der Waals surface area (Å²) in [7, 11) is 0. The van der Waals surface area contributed by atoms with E-state index in [-0.39, 0.29) is 5.56 Å². The number of nitrogens with zero attached hydrogens (tertiary/aromatic N) is 2. The van der Waals surface area contributed by atoms with Crippen LogP contribution in [0.25, 0.3) is 34.0 Å². The van der Waals surface area contributed by atoms with E-state index in [1.165, 1.54) is 6.08 Å². The van der Waals surface area contributed by atoms with E-state index in [0.717, 1.165) is 17.1 Å². The van der Waals surface area contributed by atoms with Crippen molar-refractivity contribution in [2.75, 3.05) is 0 Å². The highest BCUT2D eigenvalue weighted by Gasteiger charge is 2.16. The van der Waals surface area contributed by atoms with Crippen LogP contribution in [-0.4, -0.2) is 15.7 Å². The average Bonchev–Trinajstić information content (AvgIpc) is 3.10. The predicted molar refractivity (Wildman–Crippen MR) is 99.1 cm³/mol. The van der Waals surface area contributed by atoms with Crippen molar-refractivity contribution in [1.82, 2.24) is 9.78 Å². The molecular weight excluding hydrogens is 344 g/mol. The third-order valence-corrected chi connectivity index (χ3v) is 4.06. The SMILES string of the molecule is O=C([O-])/C=C/c1cn(-c2ccccc2)nc1-c1cc2ccccc2oc1=O. The molecule has 0 amide bonds. The normalized spacial score (nSPS) is 11.3. The number of carboxylic acid groups (broad SMARTS) is 1. The summed E-state index contributed by atoms with van der Waals surface area (Å²) >= 11 is 0. The van der Waals surface area contributed by atoms with Crippen molar-refractivity contribution in [2.24, 2.45) is 0 Å². The fraction of sp³-hybridized carbons (Fsp3) is 0. The Balaban J connectivity index is 1.93. The number of benzene rings is 2. The first-order valence-electron chi connectivity index (χ1n) is 8.19. The van der Waals surface area contributed by atoms with Crippen LogP contribution in [0.4, 0.5) is 0 Å². The lowest BCUT2D eigenvalue weighted by atomic mass is 10.1. The van der Waals surface area contributed by atoms with E-state index in [2.05, 4.69) is 5.10 Å². The molecule has 0 bridgehead atoms. The fourth-order valence-electron chi connectivity index (χ4n) is 2.82. The van der Waals surface area contributed by atoms with E-state index in [4.69, 9.17) is 4.42 Å². The van der Waals surface area contributed by atoms with Gasteiger partial charge in [-0.2, -0.15) is 5.10 Å². The van der Waals surface area contributed by atoms with Crippen molar-refractivity contribution in [3.8, 4) is 16.9 Å². The molecule has 0 radical (unpaired) electrons. The molecule has 2 aromatic heterocycles. The molecule has 4 rings (SSSR count). The Kier molecular flexibility index (Phi) is 4.14. The zero-order valence-electron chi connectivity index (χ0n) is 14.0. The van der Waals surface area contributed by atoms with E-state index in [1.54, 1.807) is 29.1 Å². The lowest BCUT2D eigenvalue weighted by molar-refractivity contribution is -0.297. The van der Waals surface area contributed by atoms with Gasteiger partial charge >= 0.3 is 5.63 Å². The van der Waals surface area contributed by atoms with Crippen LogP contribution in [0, 0.1) is 0 Å². The van der Waals surface area contributed by atoms with Crippen LogP contribution in [0.1, 0.15) is 5.56 Å². The minimum Gasteiger partial charge on any atom is -0.545 e. The van der Waals surface area contributed by atoms with Gasteiger partial charge in [0.1, 0.15) is 11.3 Å². The van der Waals surface area contributed by atoms with Crippen LogP contribution < -0.4 is 10.7 Å². The molecule has 0 spiro atoms. The second kappa shape index (κ2) is 6.76. The van der Waals surface area contributed by atoms with E-state index in [0.29, 0.717) is 16.8 Å². The Hall–Kier alpha value is -3.93. The van der Waals surface area contributed by atoms with Crippen LogP contribution in [0.3, 0.4) is 0 Å². The third-order valence-electron chi connectivity index (χ3n) is 4.06. The molecule has 4 aromatic rings. The van der Waals surface area contributed by atoms with Gasteiger partial charge in [-0.3, -0.25) is 0 Å². The van der Waals surface area contributed by atoms with Gasteiger partial charge in [0.25, 0.3) is 0 Å². The number of carbonyl (C=O) groups excluding carboxylic acids is 1. The molecule has 27 heavy (non-hydrogen) atoms. The molecule has 0 unspecified atom stereocenters. The summed E-state index contributed by atoms with van der Waals surface area (Å²) in [5.41, 5.74) is 1.75. The van der Waals surface area contributed by atoms with Crippen molar-refractivity contribution in [2.45, 2.75) is 0 Å². The Morgan fingerprint density at radius 1 is 1.07 bits per heavy atom. The van der Waals surface area contributed by atoms with Gasteiger partial charge in [-0.05, 0) is 36.4 Å². The topological polar surface area (TPSA) is 88.2 Å². The van der Waals surface area contributed by atoms with Crippen LogP contribution in [0.5, 0.6) is 0 Å². The van der Waals surface area contributed by atoms with Gasteiger partial charge in [0.15, 0.2) is 0 Å². The lowest BCUT2D eigenvalue weighted by Crippen LogP contribution is -2.18. The molecule has 6 heteroatoms. The van der Waals surface area contributed by atoms with Crippen molar-refractivity contribution in [3.05, 3.63) is 88.9 Å².